The Kier molecular flexibility index (Phi) is 7.75. The third kappa shape index (κ3) is 8.02. The lowest BCUT2D eigenvalue weighted by atomic mass is 10.0. The molecular weight excluding hydrogens is 188 g/mol. The molecule has 0 saturated heterocycles. The lowest BCUT2D eigenvalue weighted by Crippen LogP contribution is -2.30. The Bertz CT molecular complexity index is 218. The topological polar surface area (TPSA) is 55.1 Å². The molecular formula is C12H22N2O. The number of nitrogens with two attached hydrogens (primary N) is 1. The Morgan fingerprint density at radius 2 is 2.13 bits per heavy atom. The van der Waals surface area contributed by atoms with Gasteiger partial charge in [-0.3, -0.25) is 4.79 Å². The quantitative estimate of drug-likeness (QED) is 0.491. The zero-order valence-corrected chi connectivity index (χ0v) is 9.75. The van der Waals surface area contributed by atoms with Gasteiger partial charge in [0.1, 0.15) is 0 Å². The van der Waals surface area contributed by atoms with Crippen LogP contribution in [0.4, 0.5) is 0 Å². The van der Waals surface area contributed by atoms with Crippen LogP contribution in [0.5, 0.6) is 0 Å². The average molecular weight is 210 g/mol. The summed E-state index contributed by atoms with van der Waals surface area (Å²) in [5.74, 6) is 2.64. The molecule has 0 bridgehead atoms. The van der Waals surface area contributed by atoms with E-state index in [1.165, 1.54) is 0 Å². The zero-order chi connectivity index (χ0) is 11.7. The first-order valence-electron chi connectivity index (χ1n) is 5.54. The van der Waals surface area contributed by atoms with Crippen molar-refractivity contribution in [3.63, 3.8) is 0 Å². The minimum atomic E-state index is 0.0570. The fourth-order valence-corrected chi connectivity index (χ4v) is 1.31. The van der Waals surface area contributed by atoms with E-state index in [2.05, 4.69) is 11.2 Å². The number of rotatable bonds is 7. The summed E-state index contributed by atoms with van der Waals surface area (Å²) in [6.45, 7) is 4.50. The van der Waals surface area contributed by atoms with E-state index in [1.807, 2.05) is 13.8 Å². The van der Waals surface area contributed by atoms with Crippen LogP contribution in [0.25, 0.3) is 0 Å². The van der Waals surface area contributed by atoms with Crippen LogP contribution in [-0.4, -0.2) is 18.5 Å². The third-order valence-corrected chi connectivity index (χ3v) is 2.31. The third-order valence-electron chi connectivity index (χ3n) is 2.31. The maximum Gasteiger partial charge on any atom is 0.222 e. The van der Waals surface area contributed by atoms with Gasteiger partial charge in [0.15, 0.2) is 0 Å². The molecule has 3 N–H and O–H groups in total. The fourth-order valence-electron chi connectivity index (χ4n) is 1.31. The van der Waals surface area contributed by atoms with Crippen molar-refractivity contribution in [2.24, 2.45) is 11.7 Å². The van der Waals surface area contributed by atoms with Gasteiger partial charge in [-0.2, -0.15) is 0 Å². The van der Waals surface area contributed by atoms with E-state index in [4.69, 9.17) is 12.2 Å². The maximum atomic E-state index is 11.5. The highest BCUT2D eigenvalue weighted by atomic mass is 16.1. The normalized spacial score (nSPS) is 14.0. The Hall–Kier alpha value is -1.01. The highest BCUT2D eigenvalue weighted by molar-refractivity contribution is 5.78. The van der Waals surface area contributed by atoms with Crippen LogP contribution >= 0.6 is 0 Å². The van der Waals surface area contributed by atoms with Crippen LogP contribution in [-0.2, 0) is 4.79 Å². The molecule has 0 heterocycles. The van der Waals surface area contributed by atoms with Gasteiger partial charge in [-0.1, -0.05) is 13.3 Å². The fraction of sp³-hybridized carbons (Fsp3) is 0.750. The van der Waals surface area contributed by atoms with E-state index in [0.717, 1.165) is 19.3 Å². The van der Waals surface area contributed by atoms with Gasteiger partial charge >= 0.3 is 0 Å². The van der Waals surface area contributed by atoms with Crippen molar-refractivity contribution in [2.45, 2.75) is 45.6 Å². The predicted molar refractivity (Wildman–Crippen MR) is 63.1 cm³/mol. The molecule has 0 fully saturated rings. The summed E-state index contributed by atoms with van der Waals surface area (Å²) in [7, 11) is 0. The van der Waals surface area contributed by atoms with Gasteiger partial charge in [0.2, 0.25) is 5.91 Å². The van der Waals surface area contributed by atoms with Crippen LogP contribution in [0.3, 0.4) is 0 Å². The largest absolute Gasteiger partial charge is 0.355 e. The van der Waals surface area contributed by atoms with E-state index >= 15 is 0 Å². The van der Waals surface area contributed by atoms with Crippen molar-refractivity contribution < 1.29 is 4.79 Å². The standard InChI is InChI=1S/C12H22N2O/c1-4-5-9-14-12(15)10(2)7-6-8-11(3)13/h1,10-11H,5-9,13H2,2-3H3,(H,14,15). The van der Waals surface area contributed by atoms with Crippen LogP contribution in [0, 0.1) is 18.3 Å². The molecule has 2 atom stereocenters. The minimum absolute atomic E-state index is 0.0570. The number of amides is 1. The van der Waals surface area contributed by atoms with Gasteiger partial charge in [0.05, 0.1) is 0 Å². The van der Waals surface area contributed by atoms with E-state index < -0.39 is 0 Å². The zero-order valence-electron chi connectivity index (χ0n) is 9.75. The highest BCUT2D eigenvalue weighted by Gasteiger charge is 2.11. The number of carbonyl (C=O) groups is 1. The Morgan fingerprint density at radius 3 is 2.67 bits per heavy atom. The molecule has 0 radical (unpaired) electrons. The van der Waals surface area contributed by atoms with Gasteiger partial charge in [-0.15, -0.1) is 12.3 Å². The van der Waals surface area contributed by atoms with Crippen molar-refractivity contribution in [1.29, 1.82) is 0 Å². The first kappa shape index (κ1) is 14.0. The smallest absolute Gasteiger partial charge is 0.222 e. The molecule has 0 aromatic heterocycles. The summed E-state index contributed by atoms with van der Waals surface area (Å²) in [5, 5.41) is 2.81. The number of hydrogen-bond donors (Lipinski definition) is 2. The number of hydrogen-bond acceptors (Lipinski definition) is 2. The number of carbonyl (C=O) groups excluding carboxylic acids is 1. The van der Waals surface area contributed by atoms with Crippen molar-refractivity contribution in [3.8, 4) is 12.3 Å². The first-order valence-corrected chi connectivity index (χ1v) is 5.54. The molecule has 2 unspecified atom stereocenters. The molecule has 0 spiro atoms. The molecule has 3 heteroatoms. The van der Waals surface area contributed by atoms with Gasteiger partial charge in [0, 0.05) is 24.9 Å². The Morgan fingerprint density at radius 1 is 1.47 bits per heavy atom. The summed E-state index contributed by atoms with van der Waals surface area (Å²) in [6, 6.07) is 0.224. The molecule has 0 aliphatic carbocycles. The molecule has 15 heavy (non-hydrogen) atoms. The van der Waals surface area contributed by atoms with Gasteiger partial charge < -0.3 is 11.1 Å². The number of nitrogens with one attached hydrogen (secondary N) is 1. The lowest BCUT2D eigenvalue weighted by Gasteiger charge is -2.12. The van der Waals surface area contributed by atoms with Crippen LogP contribution in [0.2, 0.25) is 0 Å². The number of terminal acetylenes is 1. The summed E-state index contributed by atoms with van der Waals surface area (Å²) < 4.78 is 0. The molecule has 1 amide bonds. The molecule has 0 saturated carbocycles. The second kappa shape index (κ2) is 8.31. The molecule has 0 aliphatic heterocycles. The molecule has 86 valence electrons. The summed E-state index contributed by atoms with van der Waals surface area (Å²) in [6.07, 6.45) is 8.55. The average Bonchev–Trinajstić information content (AvgIpc) is 2.17. The Labute approximate surface area is 92.8 Å². The van der Waals surface area contributed by atoms with E-state index in [0.29, 0.717) is 13.0 Å². The highest BCUT2D eigenvalue weighted by Crippen LogP contribution is 2.08. The minimum Gasteiger partial charge on any atom is -0.355 e. The molecule has 0 rings (SSSR count). The lowest BCUT2D eigenvalue weighted by molar-refractivity contribution is -0.124. The van der Waals surface area contributed by atoms with Crippen molar-refractivity contribution in [1.82, 2.24) is 5.32 Å². The SMILES string of the molecule is C#CCCNC(=O)C(C)CCCC(C)N. The maximum absolute atomic E-state index is 11.5. The van der Waals surface area contributed by atoms with Gasteiger partial charge in [0.25, 0.3) is 0 Å². The van der Waals surface area contributed by atoms with E-state index in [-0.39, 0.29) is 17.9 Å². The molecule has 0 aromatic carbocycles. The van der Waals surface area contributed by atoms with Crippen molar-refractivity contribution in [2.75, 3.05) is 6.54 Å². The van der Waals surface area contributed by atoms with Crippen LogP contribution in [0.1, 0.15) is 39.5 Å². The predicted octanol–water partition coefficient (Wildman–Crippen LogP) is 1.28. The molecule has 0 aliphatic rings. The Balaban J connectivity index is 3.56. The van der Waals surface area contributed by atoms with Crippen molar-refractivity contribution in [3.05, 3.63) is 0 Å². The monoisotopic (exact) mass is 210 g/mol. The van der Waals surface area contributed by atoms with E-state index in [1.54, 1.807) is 0 Å². The second-order valence-electron chi connectivity index (χ2n) is 4.05. The summed E-state index contributed by atoms with van der Waals surface area (Å²) >= 11 is 0. The van der Waals surface area contributed by atoms with Gasteiger partial charge in [-0.05, 0) is 19.8 Å². The summed E-state index contributed by atoms with van der Waals surface area (Å²) in [5.41, 5.74) is 5.63. The van der Waals surface area contributed by atoms with Crippen molar-refractivity contribution >= 4 is 5.91 Å². The molecule has 3 nitrogen and oxygen atoms in total. The van der Waals surface area contributed by atoms with Gasteiger partial charge in [-0.25, -0.2) is 0 Å². The first-order chi connectivity index (χ1) is 7.07. The second-order valence-corrected chi connectivity index (χ2v) is 4.05. The molecule has 0 aromatic rings. The van der Waals surface area contributed by atoms with E-state index in [9.17, 15) is 4.79 Å². The van der Waals surface area contributed by atoms with Crippen LogP contribution in [0.15, 0.2) is 0 Å². The summed E-state index contributed by atoms with van der Waals surface area (Å²) in [4.78, 5) is 11.5. The van der Waals surface area contributed by atoms with Crippen LogP contribution < -0.4 is 11.1 Å².